The predicted molar refractivity (Wildman–Crippen MR) is 116 cm³/mol. The van der Waals surface area contributed by atoms with Crippen molar-refractivity contribution < 1.29 is 14.3 Å². The fourth-order valence-electron chi connectivity index (χ4n) is 2.83. The first kappa shape index (κ1) is 20.1. The summed E-state index contributed by atoms with van der Waals surface area (Å²) in [5.41, 5.74) is 3.10. The van der Waals surface area contributed by atoms with Crippen molar-refractivity contribution in [2.45, 2.75) is 26.9 Å². The smallest absolute Gasteiger partial charge is 0.255 e. The Hall–Kier alpha value is -3.60. The number of para-hydroxylation sites is 3. The summed E-state index contributed by atoms with van der Waals surface area (Å²) in [4.78, 5) is 25.4. The number of benzene rings is 3. The fraction of sp³-hybridized carbons (Fsp3) is 0.167. The molecule has 0 saturated heterocycles. The second-order valence-electron chi connectivity index (χ2n) is 6.97. The van der Waals surface area contributed by atoms with E-state index in [1.165, 1.54) is 0 Å². The van der Waals surface area contributed by atoms with Gasteiger partial charge in [0, 0.05) is 16.8 Å². The highest BCUT2D eigenvalue weighted by Crippen LogP contribution is 2.25. The van der Waals surface area contributed by atoms with E-state index < -0.39 is 0 Å². The van der Waals surface area contributed by atoms with E-state index in [0.717, 1.165) is 11.3 Å². The Kier molecular flexibility index (Phi) is 6.29. The quantitative estimate of drug-likeness (QED) is 0.603. The van der Waals surface area contributed by atoms with E-state index in [9.17, 15) is 9.59 Å². The first-order valence-electron chi connectivity index (χ1n) is 9.48. The Balaban J connectivity index is 1.76. The summed E-state index contributed by atoms with van der Waals surface area (Å²) in [7, 11) is 0. The minimum atomic E-state index is -0.310. The summed E-state index contributed by atoms with van der Waals surface area (Å²) in [6.07, 6.45) is -0.0125. The molecule has 0 aliphatic rings. The van der Waals surface area contributed by atoms with Gasteiger partial charge in [-0.15, -0.1) is 0 Å². The molecular weight excluding hydrogens is 364 g/mol. The first-order valence-corrected chi connectivity index (χ1v) is 9.48. The van der Waals surface area contributed by atoms with Crippen LogP contribution in [-0.4, -0.2) is 17.9 Å². The monoisotopic (exact) mass is 388 g/mol. The zero-order valence-electron chi connectivity index (χ0n) is 16.7. The van der Waals surface area contributed by atoms with Gasteiger partial charge >= 0.3 is 0 Å². The lowest BCUT2D eigenvalue weighted by Gasteiger charge is -2.15. The van der Waals surface area contributed by atoms with Gasteiger partial charge in [0.2, 0.25) is 0 Å². The highest BCUT2D eigenvalue weighted by molar-refractivity contribution is 6.09. The number of carbonyl (C=O) groups is 2. The van der Waals surface area contributed by atoms with Gasteiger partial charge in [0.15, 0.2) is 0 Å². The highest BCUT2D eigenvalue weighted by atomic mass is 16.5. The van der Waals surface area contributed by atoms with Crippen molar-refractivity contribution in [1.82, 2.24) is 0 Å². The summed E-state index contributed by atoms with van der Waals surface area (Å²) >= 11 is 0. The van der Waals surface area contributed by atoms with Crippen LogP contribution in [0.4, 0.5) is 11.4 Å². The lowest BCUT2D eigenvalue weighted by Crippen LogP contribution is -2.17. The van der Waals surface area contributed by atoms with E-state index in [0.29, 0.717) is 22.6 Å². The van der Waals surface area contributed by atoms with E-state index in [1.807, 2.05) is 63.2 Å². The zero-order valence-corrected chi connectivity index (χ0v) is 16.7. The van der Waals surface area contributed by atoms with Crippen LogP contribution in [0.15, 0.2) is 72.8 Å². The zero-order chi connectivity index (χ0) is 20.8. The molecule has 0 atom stereocenters. The Bertz CT molecular complexity index is 1030. The maximum Gasteiger partial charge on any atom is 0.255 e. The molecule has 0 unspecified atom stereocenters. The molecule has 5 heteroatoms. The van der Waals surface area contributed by atoms with Crippen molar-refractivity contribution in [1.29, 1.82) is 0 Å². The van der Waals surface area contributed by atoms with Gasteiger partial charge < -0.3 is 15.4 Å². The second kappa shape index (κ2) is 9.06. The van der Waals surface area contributed by atoms with E-state index in [2.05, 4.69) is 10.6 Å². The summed E-state index contributed by atoms with van der Waals surface area (Å²) in [6, 6.07) is 21.4. The molecule has 3 aromatic rings. The number of amides is 2. The topological polar surface area (TPSA) is 67.4 Å². The van der Waals surface area contributed by atoms with Crippen LogP contribution in [-0.2, 0) is 0 Å². The molecule has 29 heavy (non-hydrogen) atoms. The van der Waals surface area contributed by atoms with Crippen molar-refractivity contribution in [3.8, 4) is 5.75 Å². The number of anilines is 2. The van der Waals surface area contributed by atoms with Gasteiger partial charge in [0.05, 0.1) is 11.8 Å². The van der Waals surface area contributed by atoms with Gasteiger partial charge in [0.25, 0.3) is 11.8 Å². The van der Waals surface area contributed by atoms with E-state index in [-0.39, 0.29) is 17.9 Å². The summed E-state index contributed by atoms with van der Waals surface area (Å²) in [6.45, 7) is 5.78. The van der Waals surface area contributed by atoms with Crippen LogP contribution in [0, 0.1) is 6.92 Å². The number of hydrogen-bond acceptors (Lipinski definition) is 3. The van der Waals surface area contributed by atoms with Crippen molar-refractivity contribution in [3.63, 3.8) is 0 Å². The molecule has 2 amide bonds. The van der Waals surface area contributed by atoms with Crippen LogP contribution < -0.4 is 15.4 Å². The molecule has 2 N–H and O–H groups in total. The van der Waals surface area contributed by atoms with Crippen LogP contribution in [0.1, 0.15) is 40.1 Å². The molecule has 0 bridgehead atoms. The molecule has 0 radical (unpaired) electrons. The van der Waals surface area contributed by atoms with Crippen molar-refractivity contribution in [3.05, 3.63) is 89.5 Å². The third-order valence-corrected chi connectivity index (χ3v) is 4.28. The Morgan fingerprint density at radius 2 is 1.31 bits per heavy atom. The lowest BCUT2D eigenvalue weighted by atomic mass is 10.1. The maximum atomic E-state index is 12.7. The van der Waals surface area contributed by atoms with Crippen LogP contribution in [0.2, 0.25) is 0 Å². The standard InChI is InChI=1S/C24H24N2O3/c1-16(2)29-22-14-7-6-13-21(22)26-24(28)19-11-8-10-18(15-19)23(27)25-20-12-5-4-9-17(20)3/h4-16H,1-3H3,(H,25,27)(H,26,28). The lowest BCUT2D eigenvalue weighted by molar-refractivity contribution is 0.102. The molecule has 0 aliphatic carbocycles. The highest BCUT2D eigenvalue weighted by Gasteiger charge is 2.14. The van der Waals surface area contributed by atoms with Gasteiger partial charge in [0.1, 0.15) is 5.75 Å². The van der Waals surface area contributed by atoms with Gasteiger partial charge in [-0.2, -0.15) is 0 Å². The van der Waals surface area contributed by atoms with Crippen molar-refractivity contribution in [2.75, 3.05) is 10.6 Å². The molecule has 3 aromatic carbocycles. The minimum absolute atomic E-state index is 0.0125. The third kappa shape index (κ3) is 5.23. The average Bonchev–Trinajstić information content (AvgIpc) is 2.71. The molecule has 0 heterocycles. The number of carbonyl (C=O) groups excluding carboxylic acids is 2. The average molecular weight is 388 g/mol. The van der Waals surface area contributed by atoms with Crippen LogP contribution in [0.25, 0.3) is 0 Å². The molecule has 5 nitrogen and oxygen atoms in total. The number of rotatable bonds is 6. The molecule has 0 aliphatic heterocycles. The fourth-order valence-corrected chi connectivity index (χ4v) is 2.83. The molecular formula is C24H24N2O3. The molecule has 3 rings (SSSR count). The van der Waals surface area contributed by atoms with Gasteiger partial charge in [-0.25, -0.2) is 0 Å². The van der Waals surface area contributed by atoms with E-state index >= 15 is 0 Å². The molecule has 0 spiro atoms. The van der Waals surface area contributed by atoms with Gasteiger partial charge in [-0.3, -0.25) is 9.59 Å². The second-order valence-corrected chi connectivity index (χ2v) is 6.97. The van der Waals surface area contributed by atoms with Crippen LogP contribution in [0.3, 0.4) is 0 Å². The Morgan fingerprint density at radius 1 is 0.759 bits per heavy atom. The van der Waals surface area contributed by atoms with Crippen LogP contribution >= 0.6 is 0 Å². The Labute approximate surface area is 170 Å². The maximum absolute atomic E-state index is 12.7. The van der Waals surface area contributed by atoms with Crippen molar-refractivity contribution in [2.24, 2.45) is 0 Å². The molecule has 148 valence electrons. The Morgan fingerprint density at radius 3 is 1.93 bits per heavy atom. The number of hydrogen-bond donors (Lipinski definition) is 2. The first-order chi connectivity index (χ1) is 13.9. The molecule has 0 saturated carbocycles. The largest absolute Gasteiger partial charge is 0.489 e. The van der Waals surface area contributed by atoms with Crippen LogP contribution in [0.5, 0.6) is 5.75 Å². The number of ether oxygens (including phenoxy) is 1. The van der Waals surface area contributed by atoms with E-state index in [1.54, 1.807) is 30.3 Å². The number of nitrogens with one attached hydrogen (secondary N) is 2. The number of aryl methyl sites for hydroxylation is 1. The third-order valence-electron chi connectivity index (χ3n) is 4.28. The molecule has 0 fully saturated rings. The van der Waals surface area contributed by atoms with Gasteiger partial charge in [-0.05, 0) is 62.7 Å². The van der Waals surface area contributed by atoms with Gasteiger partial charge in [-0.1, -0.05) is 36.4 Å². The normalized spacial score (nSPS) is 10.5. The summed E-state index contributed by atoms with van der Waals surface area (Å²) < 4.78 is 5.74. The van der Waals surface area contributed by atoms with Crippen molar-refractivity contribution >= 4 is 23.2 Å². The summed E-state index contributed by atoms with van der Waals surface area (Å²) in [5.74, 6) is 0.0251. The minimum Gasteiger partial charge on any atom is -0.489 e. The predicted octanol–water partition coefficient (Wildman–Crippen LogP) is 5.29. The molecule has 0 aromatic heterocycles. The summed E-state index contributed by atoms with van der Waals surface area (Å²) in [5, 5.41) is 5.74. The van der Waals surface area contributed by atoms with E-state index in [4.69, 9.17) is 4.74 Å². The SMILES string of the molecule is Cc1ccccc1NC(=O)c1cccc(C(=O)Nc2ccccc2OC(C)C)c1.